The number of amides is 1. The van der Waals surface area contributed by atoms with Crippen molar-refractivity contribution in [2.24, 2.45) is 5.92 Å². The number of piperidine rings is 1. The van der Waals surface area contributed by atoms with Gasteiger partial charge in [0.1, 0.15) is 0 Å². The summed E-state index contributed by atoms with van der Waals surface area (Å²) in [5.41, 5.74) is 2.27. The highest BCUT2D eigenvalue weighted by Crippen LogP contribution is 2.25. The van der Waals surface area contributed by atoms with Crippen LogP contribution in [0.4, 0.5) is 0 Å². The van der Waals surface area contributed by atoms with Crippen LogP contribution in [-0.2, 0) is 4.79 Å². The van der Waals surface area contributed by atoms with Crippen molar-refractivity contribution < 1.29 is 14.7 Å². The summed E-state index contributed by atoms with van der Waals surface area (Å²) in [4.78, 5) is 30.1. The smallest absolute Gasteiger partial charge is 0.303 e. The fraction of sp³-hybridized carbons (Fsp3) is 0.421. The second-order valence-corrected chi connectivity index (χ2v) is 6.52. The van der Waals surface area contributed by atoms with Crippen LogP contribution in [0.15, 0.2) is 30.3 Å². The van der Waals surface area contributed by atoms with Crippen molar-refractivity contribution in [2.45, 2.75) is 32.6 Å². The van der Waals surface area contributed by atoms with Gasteiger partial charge in [0.2, 0.25) is 0 Å². The third kappa shape index (κ3) is 3.55. The summed E-state index contributed by atoms with van der Waals surface area (Å²) in [7, 11) is 0. The van der Waals surface area contributed by atoms with Gasteiger partial charge < -0.3 is 10.0 Å². The van der Waals surface area contributed by atoms with Crippen LogP contribution in [0.25, 0.3) is 10.9 Å². The molecule has 5 heteroatoms. The summed E-state index contributed by atoms with van der Waals surface area (Å²) in [6.45, 7) is 3.28. The Labute approximate surface area is 141 Å². The number of aromatic nitrogens is 1. The molecule has 1 N–H and O–H groups in total. The van der Waals surface area contributed by atoms with Gasteiger partial charge >= 0.3 is 5.97 Å². The molecular formula is C19H22N2O3. The highest BCUT2D eigenvalue weighted by Gasteiger charge is 2.26. The third-order valence-corrected chi connectivity index (χ3v) is 4.66. The van der Waals surface area contributed by atoms with Gasteiger partial charge in [-0.15, -0.1) is 0 Å². The Morgan fingerprint density at radius 1 is 1.29 bits per heavy atom. The molecule has 1 unspecified atom stereocenters. The number of carbonyl (C=O) groups excluding carboxylic acids is 1. The van der Waals surface area contributed by atoms with Gasteiger partial charge in [0.15, 0.2) is 0 Å². The number of carboxylic acid groups (broad SMARTS) is 1. The maximum Gasteiger partial charge on any atom is 0.303 e. The van der Waals surface area contributed by atoms with Crippen LogP contribution in [0, 0.1) is 12.8 Å². The summed E-state index contributed by atoms with van der Waals surface area (Å²) >= 11 is 0. The van der Waals surface area contributed by atoms with Crippen LogP contribution in [0.5, 0.6) is 0 Å². The Hall–Kier alpha value is -2.43. The van der Waals surface area contributed by atoms with Crippen LogP contribution in [0.2, 0.25) is 0 Å². The zero-order valence-corrected chi connectivity index (χ0v) is 13.9. The number of likely N-dealkylation sites (tertiary alicyclic amines) is 1. The predicted molar refractivity (Wildman–Crippen MR) is 92.0 cm³/mol. The van der Waals surface area contributed by atoms with E-state index in [1.54, 1.807) is 0 Å². The fourth-order valence-electron chi connectivity index (χ4n) is 3.40. The standard InChI is InChI=1S/C19H22N2O3/c1-13-7-9-15-5-2-6-16(18(15)20-13)19(24)21-11-3-4-14(12-21)8-10-17(22)23/h2,5-7,9,14H,3-4,8,10-12H2,1H3,(H,22,23). The second-order valence-electron chi connectivity index (χ2n) is 6.52. The van der Waals surface area contributed by atoms with Gasteiger partial charge in [-0.05, 0) is 44.2 Å². The van der Waals surface area contributed by atoms with Crippen molar-refractivity contribution in [3.8, 4) is 0 Å². The highest BCUT2D eigenvalue weighted by atomic mass is 16.4. The first kappa shape index (κ1) is 16.4. The van der Waals surface area contributed by atoms with Crippen molar-refractivity contribution in [2.75, 3.05) is 13.1 Å². The molecule has 0 saturated carbocycles. The van der Waals surface area contributed by atoms with Gasteiger partial charge in [-0.1, -0.05) is 18.2 Å². The normalized spacial score (nSPS) is 17.9. The van der Waals surface area contributed by atoms with Gasteiger partial charge in [-0.3, -0.25) is 14.6 Å². The molecule has 0 bridgehead atoms. The van der Waals surface area contributed by atoms with E-state index in [0.717, 1.165) is 36.0 Å². The van der Waals surface area contributed by atoms with Crippen molar-refractivity contribution in [1.82, 2.24) is 9.88 Å². The number of para-hydroxylation sites is 1. The topological polar surface area (TPSA) is 70.5 Å². The number of pyridine rings is 1. The molecule has 24 heavy (non-hydrogen) atoms. The number of rotatable bonds is 4. The van der Waals surface area contributed by atoms with Crippen molar-refractivity contribution in [1.29, 1.82) is 0 Å². The number of carbonyl (C=O) groups is 2. The van der Waals surface area contributed by atoms with E-state index in [9.17, 15) is 9.59 Å². The number of hydrogen-bond donors (Lipinski definition) is 1. The first-order chi connectivity index (χ1) is 11.5. The Morgan fingerprint density at radius 2 is 2.12 bits per heavy atom. The lowest BCUT2D eigenvalue weighted by Crippen LogP contribution is -2.40. The molecule has 3 rings (SSSR count). The van der Waals surface area contributed by atoms with Crippen LogP contribution >= 0.6 is 0 Å². The molecule has 0 radical (unpaired) electrons. The first-order valence-corrected chi connectivity index (χ1v) is 8.42. The summed E-state index contributed by atoms with van der Waals surface area (Å²) in [6, 6.07) is 9.61. The lowest BCUT2D eigenvalue weighted by molar-refractivity contribution is -0.137. The highest BCUT2D eigenvalue weighted by molar-refractivity contribution is 6.05. The van der Waals surface area contributed by atoms with Gasteiger partial charge in [0, 0.05) is 30.6 Å². The molecule has 0 aliphatic carbocycles. The van der Waals surface area contributed by atoms with Crippen LogP contribution in [0.3, 0.4) is 0 Å². The quantitative estimate of drug-likeness (QED) is 0.936. The third-order valence-electron chi connectivity index (χ3n) is 4.66. The molecule has 1 aromatic carbocycles. The van der Waals surface area contributed by atoms with Crippen LogP contribution in [-0.4, -0.2) is 40.0 Å². The summed E-state index contributed by atoms with van der Waals surface area (Å²) in [5, 5.41) is 9.82. The second kappa shape index (κ2) is 6.99. The molecule has 1 aliphatic heterocycles. The van der Waals surface area contributed by atoms with Crippen LogP contribution in [0.1, 0.15) is 41.7 Å². The number of carboxylic acids is 1. The average Bonchev–Trinajstić information content (AvgIpc) is 2.59. The molecule has 2 heterocycles. The number of aryl methyl sites for hydroxylation is 1. The van der Waals surface area contributed by atoms with Crippen LogP contribution < -0.4 is 0 Å². The molecule has 1 saturated heterocycles. The Bertz CT molecular complexity index is 772. The molecule has 1 amide bonds. The lowest BCUT2D eigenvalue weighted by atomic mass is 9.93. The summed E-state index contributed by atoms with van der Waals surface area (Å²) in [6.07, 6.45) is 2.71. The monoisotopic (exact) mass is 326 g/mol. The lowest BCUT2D eigenvalue weighted by Gasteiger charge is -2.32. The number of benzene rings is 1. The van der Waals surface area contributed by atoms with E-state index < -0.39 is 5.97 Å². The molecule has 5 nitrogen and oxygen atoms in total. The molecule has 1 aromatic heterocycles. The SMILES string of the molecule is Cc1ccc2cccc(C(=O)N3CCCC(CCC(=O)O)C3)c2n1. The summed E-state index contributed by atoms with van der Waals surface area (Å²) in [5.74, 6) is -0.505. The first-order valence-electron chi connectivity index (χ1n) is 8.42. The molecule has 126 valence electrons. The van der Waals surface area contributed by atoms with E-state index in [2.05, 4.69) is 4.98 Å². The molecular weight excluding hydrogens is 304 g/mol. The maximum atomic E-state index is 13.0. The fourth-order valence-corrected chi connectivity index (χ4v) is 3.40. The number of nitrogens with zero attached hydrogens (tertiary/aromatic N) is 2. The van der Waals surface area contributed by atoms with Crippen molar-refractivity contribution >= 4 is 22.8 Å². The van der Waals surface area contributed by atoms with E-state index in [1.165, 1.54) is 0 Å². The summed E-state index contributed by atoms with van der Waals surface area (Å²) < 4.78 is 0. The zero-order chi connectivity index (χ0) is 17.1. The minimum Gasteiger partial charge on any atom is -0.481 e. The van der Waals surface area contributed by atoms with E-state index in [0.29, 0.717) is 18.5 Å². The van der Waals surface area contributed by atoms with E-state index >= 15 is 0 Å². The number of hydrogen-bond acceptors (Lipinski definition) is 3. The molecule has 0 spiro atoms. The van der Waals surface area contributed by atoms with E-state index in [1.807, 2.05) is 42.2 Å². The molecule has 2 aromatic rings. The predicted octanol–water partition coefficient (Wildman–Crippen LogP) is 3.26. The van der Waals surface area contributed by atoms with Crippen molar-refractivity contribution in [3.63, 3.8) is 0 Å². The van der Waals surface area contributed by atoms with Gasteiger partial charge in [0.05, 0.1) is 11.1 Å². The van der Waals surface area contributed by atoms with E-state index in [-0.39, 0.29) is 18.2 Å². The van der Waals surface area contributed by atoms with E-state index in [4.69, 9.17) is 5.11 Å². The zero-order valence-electron chi connectivity index (χ0n) is 13.9. The molecule has 1 fully saturated rings. The minimum absolute atomic E-state index is 0.00118. The Balaban J connectivity index is 1.81. The Morgan fingerprint density at radius 3 is 2.92 bits per heavy atom. The minimum atomic E-state index is -0.771. The van der Waals surface area contributed by atoms with Gasteiger partial charge in [0.25, 0.3) is 5.91 Å². The average molecular weight is 326 g/mol. The number of aliphatic carboxylic acids is 1. The molecule has 1 atom stereocenters. The van der Waals surface area contributed by atoms with Gasteiger partial charge in [-0.2, -0.15) is 0 Å². The van der Waals surface area contributed by atoms with Crippen molar-refractivity contribution in [3.05, 3.63) is 41.6 Å². The Kier molecular flexibility index (Phi) is 4.79. The van der Waals surface area contributed by atoms with Gasteiger partial charge in [-0.25, -0.2) is 0 Å². The molecule has 1 aliphatic rings. The maximum absolute atomic E-state index is 13.0. The number of fused-ring (bicyclic) bond motifs is 1. The largest absolute Gasteiger partial charge is 0.481 e.